The summed E-state index contributed by atoms with van der Waals surface area (Å²) in [4.78, 5) is 0. The molecule has 0 amide bonds. The molecule has 0 fully saturated rings. The zero-order chi connectivity index (χ0) is 7.56. The molecule has 1 radical (unpaired) electrons. The number of rotatable bonds is 1. The van der Waals surface area contributed by atoms with Crippen LogP contribution in [0.3, 0.4) is 0 Å². The summed E-state index contributed by atoms with van der Waals surface area (Å²) in [5, 5.41) is 0.325. The zero-order valence-corrected chi connectivity index (χ0v) is 6.28. The number of ether oxygens (including phenoxy) is 1. The van der Waals surface area contributed by atoms with Gasteiger partial charge in [0.1, 0.15) is 5.83 Å². The molecule has 0 aromatic rings. The second kappa shape index (κ2) is 3.06. The van der Waals surface area contributed by atoms with Crippen LogP contribution in [0.15, 0.2) is 22.7 Å². The van der Waals surface area contributed by atoms with Crippen LogP contribution in [0, 0.1) is 6.42 Å². The Morgan fingerprint density at radius 2 is 2.40 bits per heavy atom. The van der Waals surface area contributed by atoms with Gasteiger partial charge in [-0.2, -0.15) is 0 Å². The summed E-state index contributed by atoms with van der Waals surface area (Å²) in [5.41, 5.74) is 0. The van der Waals surface area contributed by atoms with Crippen molar-refractivity contribution in [3.8, 4) is 0 Å². The summed E-state index contributed by atoms with van der Waals surface area (Å²) in [6.07, 6.45) is 3.56. The van der Waals surface area contributed by atoms with E-state index in [2.05, 4.69) is 0 Å². The Morgan fingerprint density at radius 3 is 2.80 bits per heavy atom. The van der Waals surface area contributed by atoms with Crippen LogP contribution in [-0.4, -0.2) is 7.11 Å². The molecule has 3 heteroatoms. The smallest absolute Gasteiger partial charge is 0.168 e. The van der Waals surface area contributed by atoms with Gasteiger partial charge in [-0.05, 0) is 6.42 Å². The van der Waals surface area contributed by atoms with Crippen molar-refractivity contribution in [3.05, 3.63) is 29.1 Å². The summed E-state index contributed by atoms with van der Waals surface area (Å²) in [7, 11) is 1.40. The lowest BCUT2D eigenvalue weighted by molar-refractivity contribution is 0.284. The average Bonchev–Trinajstić information content (AvgIpc) is 1.88. The molecule has 0 bridgehead atoms. The van der Waals surface area contributed by atoms with Gasteiger partial charge in [0.05, 0.1) is 12.1 Å². The van der Waals surface area contributed by atoms with Crippen molar-refractivity contribution < 1.29 is 9.13 Å². The van der Waals surface area contributed by atoms with Crippen LogP contribution in [0.1, 0.15) is 6.42 Å². The van der Waals surface area contributed by atoms with Gasteiger partial charge in [-0.25, -0.2) is 4.39 Å². The quantitative estimate of drug-likeness (QED) is 0.574. The highest BCUT2D eigenvalue weighted by Gasteiger charge is 2.14. The van der Waals surface area contributed by atoms with Crippen molar-refractivity contribution in [2.45, 2.75) is 6.42 Å². The van der Waals surface area contributed by atoms with Gasteiger partial charge in [-0.15, -0.1) is 0 Å². The Balaban J connectivity index is 2.87. The van der Waals surface area contributed by atoms with Crippen LogP contribution in [-0.2, 0) is 4.74 Å². The first-order valence-corrected chi connectivity index (χ1v) is 3.25. The first kappa shape index (κ1) is 7.61. The minimum Gasteiger partial charge on any atom is -0.492 e. The molecule has 55 valence electrons. The van der Waals surface area contributed by atoms with Crippen LogP contribution in [0.2, 0.25) is 0 Å². The highest BCUT2D eigenvalue weighted by molar-refractivity contribution is 6.32. The molecule has 10 heavy (non-hydrogen) atoms. The van der Waals surface area contributed by atoms with Crippen LogP contribution in [0.25, 0.3) is 0 Å². The predicted molar refractivity (Wildman–Crippen MR) is 38.0 cm³/mol. The van der Waals surface area contributed by atoms with Crippen molar-refractivity contribution in [2.75, 3.05) is 7.11 Å². The van der Waals surface area contributed by atoms with Crippen LogP contribution in [0.4, 0.5) is 4.39 Å². The Kier molecular flexibility index (Phi) is 2.33. The molecule has 0 saturated carbocycles. The van der Waals surface area contributed by atoms with Crippen molar-refractivity contribution in [2.24, 2.45) is 0 Å². The molecule has 1 aliphatic carbocycles. The largest absolute Gasteiger partial charge is 0.492 e. The highest BCUT2D eigenvalue weighted by Crippen LogP contribution is 2.28. The van der Waals surface area contributed by atoms with E-state index in [0.717, 1.165) is 0 Å². The van der Waals surface area contributed by atoms with Gasteiger partial charge in [0, 0.05) is 6.42 Å². The van der Waals surface area contributed by atoms with E-state index in [1.807, 2.05) is 0 Å². The standard InChI is InChI=1S/C7H7ClFO/c1-10-7-5(8)3-2-4-6(7)9/h2-3H,4H2,1H3. The normalized spacial score (nSPS) is 18.9. The van der Waals surface area contributed by atoms with Crippen LogP contribution in [0.5, 0.6) is 0 Å². The predicted octanol–water partition coefficient (Wildman–Crippen LogP) is 2.54. The molecule has 0 aromatic carbocycles. The zero-order valence-electron chi connectivity index (χ0n) is 5.53. The van der Waals surface area contributed by atoms with Gasteiger partial charge in [-0.1, -0.05) is 17.7 Å². The number of halogens is 2. The second-order valence-corrected chi connectivity index (χ2v) is 2.30. The molecular formula is C7H7ClFO. The van der Waals surface area contributed by atoms with Crippen molar-refractivity contribution >= 4 is 11.6 Å². The Labute approximate surface area is 64.1 Å². The summed E-state index contributed by atoms with van der Waals surface area (Å²) in [6, 6.07) is 0. The highest BCUT2D eigenvalue weighted by atomic mass is 35.5. The van der Waals surface area contributed by atoms with Gasteiger partial charge < -0.3 is 4.74 Å². The SMILES string of the molecule is COC1=C(F)C[CH]C=C1Cl. The fourth-order valence-electron chi connectivity index (χ4n) is 0.772. The first-order chi connectivity index (χ1) is 4.75. The summed E-state index contributed by atoms with van der Waals surface area (Å²) in [5.74, 6) is -0.154. The Morgan fingerprint density at radius 1 is 1.70 bits per heavy atom. The third kappa shape index (κ3) is 1.32. The van der Waals surface area contributed by atoms with E-state index < -0.39 is 0 Å². The summed E-state index contributed by atoms with van der Waals surface area (Å²) < 4.78 is 17.4. The molecular weight excluding hydrogens is 155 g/mol. The lowest BCUT2D eigenvalue weighted by Crippen LogP contribution is -1.96. The average molecular weight is 162 g/mol. The molecule has 0 heterocycles. The minimum absolute atomic E-state index is 0.157. The van der Waals surface area contributed by atoms with Crippen LogP contribution < -0.4 is 0 Å². The van der Waals surface area contributed by atoms with E-state index in [1.165, 1.54) is 7.11 Å². The van der Waals surface area contributed by atoms with Crippen molar-refractivity contribution in [1.82, 2.24) is 0 Å². The second-order valence-electron chi connectivity index (χ2n) is 1.89. The molecule has 0 atom stereocenters. The van der Waals surface area contributed by atoms with E-state index in [1.54, 1.807) is 12.5 Å². The van der Waals surface area contributed by atoms with Gasteiger partial charge in [0.25, 0.3) is 0 Å². The maximum absolute atomic E-state index is 12.7. The molecule has 1 aliphatic rings. The van der Waals surface area contributed by atoms with Gasteiger partial charge in [0.2, 0.25) is 0 Å². The molecule has 0 unspecified atom stereocenters. The maximum Gasteiger partial charge on any atom is 0.168 e. The molecule has 0 spiro atoms. The molecule has 1 nitrogen and oxygen atoms in total. The molecule has 0 saturated heterocycles. The fraction of sp³-hybridized carbons (Fsp3) is 0.286. The summed E-state index contributed by atoms with van der Waals surface area (Å²) >= 11 is 5.58. The van der Waals surface area contributed by atoms with Crippen molar-refractivity contribution in [3.63, 3.8) is 0 Å². The number of allylic oxidation sites excluding steroid dienone is 3. The maximum atomic E-state index is 12.7. The number of hydrogen-bond acceptors (Lipinski definition) is 1. The van der Waals surface area contributed by atoms with E-state index in [-0.39, 0.29) is 18.0 Å². The molecule has 1 rings (SSSR count). The first-order valence-electron chi connectivity index (χ1n) is 2.87. The third-order valence-electron chi connectivity index (χ3n) is 1.23. The lowest BCUT2D eigenvalue weighted by atomic mass is 10.1. The molecule has 0 aliphatic heterocycles. The van der Waals surface area contributed by atoms with E-state index in [9.17, 15) is 4.39 Å². The van der Waals surface area contributed by atoms with E-state index >= 15 is 0 Å². The number of hydrogen-bond donors (Lipinski definition) is 0. The van der Waals surface area contributed by atoms with E-state index in [4.69, 9.17) is 16.3 Å². The number of methoxy groups -OCH3 is 1. The summed E-state index contributed by atoms with van der Waals surface area (Å²) in [6.45, 7) is 0. The molecule has 0 aromatic heterocycles. The molecule has 0 N–H and O–H groups in total. The monoisotopic (exact) mass is 161 g/mol. The Bertz CT molecular complexity index is 196. The fourth-order valence-corrected chi connectivity index (χ4v) is 1.04. The Hall–Kier alpha value is -0.500. The third-order valence-corrected chi connectivity index (χ3v) is 1.53. The van der Waals surface area contributed by atoms with E-state index in [0.29, 0.717) is 5.03 Å². The van der Waals surface area contributed by atoms with Crippen molar-refractivity contribution in [1.29, 1.82) is 0 Å². The van der Waals surface area contributed by atoms with Gasteiger partial charge >= 0.3 is 0 Å². The topological polar surface area (TPSA) is 9.23 Å². The van der Waals surface area contributed by atoms with Gasteiger partial charge in [-0.3, -0.25) is 0 Å². The minimum atomic E-state index is -0.310. The lowest BCUT2D eigenvalue weighted by Gasteiger charge is -2.10. The van der Waals surface area contributed by atoms with Crippen LogP contribution >= 0.6 is 11.6 Å². The van der Waals surface area contributed by atoms with Gasteiger partial charge in [0.15, 0.2) is 5.76 Å².